The van der Waals surface area contributed by atoms with Crippen LogP contribution in [0.1, 0.15) is 45.7 Å². The number of nitrogens with one attached hydrogen (secondary N) is 2. The van der Waals surface area contributed by atoms with Crippen molar-refractivity contribution in [2.45, 2.75) is 46.2 Å². The highest BCUT2D eigenvalue weighted by Gasteiger charge is 2.38. The number of halogens is 1. The van der Waals surface area contributed by atoms with E-state index in [9.17, 15) is 18.8 Å². The van der Waals surface area contributed by atoms with E-state index in [1.54, 1.807) is 28.9 Å². The molecule has 1 saturated heterocycles. The molecule has 0 spiro atoms. The first-order chi connectivity index (χ1) is 16.7. The third-order valence-electron chi connectivity index (χ3n) is 6.11. The lowest BCUT2D eigenvalue weighted by molar-refractivity contribution is -0.139. The standard InChI is InChI=1S/C25H36FN5O4/c1-5-31-20(16-29-12-7-13-30(15-14-29)24(33)27-17(3)4)21(23(32)35-6-2)22(28-25(31)34)18-8-10-19(26)11-9-18/h8-11,17,22H,5-7,12-16H2,1-4H3,(H,27,33)(H,28,34). The Balaban J connectivity index is 1.92. The molecule has 0 radical (unpaired) electrons. The molecule has 10 heteroatoms. The predicted octanol–water partition coefficient (Wildman–Crippen LogP) is 2.85. The van der Waals surface area contributed by atoms with E-state index in [0.717, 1.165) is 6.42 Å². The topological polar surface area (TPSA) is 94.2 Å². The lowest BCUT2D eigenvalue weighted by Gasteiger charge is -2.38. The summed E-state index contributed by atoms with van der Waals surface area (Å²) in [4.78, 5) is 44.2. The van der Waals surface area contributed by atoms with Gasteiger partial charge in [0.1, 0.15) is 5.82 Å². The van der Waals surface area contributed by atoms with Gasteiger partial charge in [0.25, 0.3) is 0 Å². The van der Waals surface area contributed by atoms with Crippen molar-refractivity contribution in [3.63, 3.8) is 0 Å². The first kappa shape index (κ1) is 26.5. The van der Waals surface area contributed by atoms with Crippen molar-refractivity contribution in [1.82, 2.24) is 25.3 Å². The first-order valence-corrected chi connectivity index (χ1v) is 12.3. The van der Waals surface area contributed by atoms with Gasteiger partial charge in [0.2, 0.25) is 0 Å². The Hall–Kier alpha value is -3.14. The van der Waals surface area contributed by atoms with Gasteiger partial charge in [-0.3, -0.25) is 9.80 Å². The van der Waals surface area contributed by atoms with Crippen molar-refractivity contribution < 1.29 is 23.5 Å². The minimum atomic E-state index is -0.750. The maximum Gasteiger partial charge on any atom is 0.338 e. The van der Waals surface area contributed by atoms with Crippen LogP contribution in [0.25, 0.3) is 0 Å². The van der Waals surface area contributed by atoms with Crippen LogP contribution in [0.5, 0.6) is 0 Å². The molecule has 2 aliphatic rings. The number of hydrogen-bond acceptors (Lipinski definition) is 5. The van der Waals surface area contributed by atoms with Crippen molar-refractivity contribution in [2.24, 2.45) is 0 Å². The molecule has 4 amide bonds. The molecule has 1 aromatic carbocycles. The lowest BCUT2D eigenvalue weighted by atomic mass is 9.94. The fourth-order valence-corrected chi connectivity index (χ4v) is 4.45. The number of nitrogens with zero attached hydrogens (tertiary/aromatic N) is 3. The highest BCUT2D eigenvalue weighted by Crippen LogP contribution is 2.32. The molecule has 2 heterocycles. The molecule has 0 bridgehead atoms. The summed E-state index contributed by atoms with van der Waals surface area (Å²) in [5.74, 6) is -0.911. The van der Waals surface area contributed by atoms with Crippen LogP contribution in [0.2, 0.25) is 0 Å². The summed E-state index contributed by atoms with van der Waals surface area (Å²) in [6, 6.07) is 4.64. The second kappa shape index (κ2) is 12.0. The quantitative estimate of drug-likeness (QED) is 0.575. The van der Waals surface area contributed by atoms with E-state index in [2.05, 4.69) is 15.5 Å². The largest absolute Gasteiger partial charge is 0.463 e. The number of likely N-dealkylation sites (N-methyl/N-ethyl adjacent to an activating group) is 1. The number of hydrogen-bond donors (Lipinski definition) is 2. The molecule has 1 atom stereocenters. The summed E-state index contributed by atoms with van der Waals surface area (Å²) in [5.41, 5.74) is 1.52. The van der Waals surface area contributed by atoms with Gasteiger partial charge in [-0.1, -0.05) is 12.1 Å². The molecule has 2 N–H and O–H groups in total. The van der Waals surface area contributed by atoms with Crippen molar-refractivity contribution in [2.75, 3.05) is 45.9 Å². The number of benzene rings is 1. The summed E-state index contributed by atoms with van der Waals surface area (Å²) in [6.45, 7) is 10.8. The van der Waals surface area contributed by atoms with Crippen LogP contribution in [0, 0.1) is 5.82 Å². The monoisotopic (exact) mass is 489 g/mol. The zero-order valence-corrected chi connectivity index (χ0v) is 21.0. The van der Waals surface area contributed by atoms with Crippen LogP contribution in [0.4, 0.5) is 14.0 Å². The van der Waals surface area contributed by atoms with Gasteiger partial charge in [0.15, 0.2) is 0 Å². The summed E-state index contributed by atoms with van der Waals surface area (Å²) < 4.78 is 19.0. The fraction of sp³-hybridized carbons (Fsp3) is 0.560. The second-order valence-electron chi connectivity index (χ2n) is 8.98. The molecule has 192 valence electrons. The smallest absolute Gasteiger partial charge is 0.338 e. The maximum atomic E-state index is 13.6. The molecule has 35 heavy (non-hydrogen) atoms. The molecule has 0 aromatic heterocycles. The molecule has 3 rings (SSSR count). The summed E-state index contributed by atoms with van der Waals surface area (Å²) in [6.07, 6.45) is 0.771. The van der Waals surface area contributed by atoms with Gasteiger partial charge in [-0.15, -0.1) is 0 Å². The Kier molecular flexibility index (Phi) is 9.08. The van der Waals surface area contributed by atoms with Crippen LogP contribution in [-0.4, -0.2) is 84.6 Å². The third kappa shape index (κ3) is 6.50. The predicted molar refractivity (Wildman–Crippen MR) is 130 cm³/mol. The average Bonchev–Trinajstić information content (AvgIpc) is 3.05. The maximum absolute atomic E-state index is 13.6. The van der Waals surface area contributed by atoms with Crippen LogP contribution >= 0.6 is 0 Å². The molecule has 9 nitrogen and oxygen atoms in total. The van der Waals surface area contributed by atoms with E-state index in [4.69, 9.17) is 4.74 Å². The van der Waals surface area contributed by atoms with Crippen LogP contribution in [0.15, 0.2) is 35.5 Å². The van der Waals surface area contributed by atoms with Gasteiger partial charge in [-0.05, 0) is 51.8 Å². The minimum Gasteiger partial charge on any atom is -0.463 e. The van der Waals surface area contributed by atoms with Crippen molar-refractivity contribution >= 4 is 18.0 Å². The van der Waals surface area contributed by atoms with E-state index < -0.39 is 17.8 Å². The molecular formula is C25H36FN5O4. The average molecular weight is 490 g/mol. The Bertz CT molecular complexity index is 950. The zero-order valence-electron chi connectivity index (χ0n) is 21.0. The molecule has 1 aromatic rings. The highest BCUT2D eigenvalue weighted by atomic mass is 19.1. The SMILES string of the molecule is CCOC(=O)C1=C(CN2CCCN(C(=O)NC(C)C)CC2)N(CC)C(=O)NC1c1ccc(F)cc1. The third-order valence-corrected chi connectivity index (χ3v) is 6.11. The van der Waals surface area contributed by atoms with E-state index in [0.29, 0.717) is 56.1 Å². The molecule has 0 saturated carbocycles. The van der Waals surface area contributed by atoms with E-state index >= 15 is 0 Å². The number of carbonyl (C=O) groups is 3. The zero-order chi connectivity index (χ0) is 25.5. The Morgan fingerprint density at radius 2 is 1.86 bits per heavy atom. The van der Waals surface area contributed by atoms with Crippen molar-refractivity contribution in [3.8, 4) is 0 Å². The number of rotatable bonds is 7. The van der Waals surface area contributed by atoms with Gasteiger partial charge < -0.3 is 20.3 Å². The summed E-state index contributed by atoms with van der Waals surface area (Å²) in [5, 5.41) is 5.82. The Labute approximate surface area is 206 Å². The number of esters is 1. The van der Waals surface area contributed by atoms with Gasteiger partial charge in [0.05, 0.1) is 18.2 Å². The van der Waals surface area contributed by atoms with Crippen LogP contribution in [-0.2, 0) is 9.53 Å². The summed E-state index contributed by atoms with van der Waals surface area (Å²) >= 11 is 0. The normalized spacial score (nSPS) is 19.5. The number of carbonyl (C=O) groups excluding carboxylic acids is 3. The molecular weight excluding hydrogens is 453 g/mol. The minimum absolute atomic E-state index is 0.0569. The van der Waals surface area contributed by atoms with Crippen molar-refractivity contribution in [1.29, 1.82) is 0 Å². The Morgan fingerprint density at radius 3 is 2.49 bits per heavy atom. The molecule has 1 unspecified atom stereocenters. The molecule has 2 aliphatic heterocycles. The fourth-order valence-electron chi connectivity index (χ4n) is 4.45. The number of urea groups is 2. The second-order valence-corrected chi connectivity index (χ2v) is 8.98. The van der Waals surface area contributed by atoms with Gasteiger partial charge in [-0.2, -0.15) is 0 Å². The van der Waals surface area contributed by atoms with Crippen LogP contribution in [0.3, 0.4) is 0 Å². The summed E-state index contributed by atoms with van der Waals surface area (Å²) in [7, 11) is 0. The molecule has 0 aliphatic carbocycles. The highest BCUT2D eigenvalue weighted by molar-refractivity contribution is 5.95. The first-order valence-electron chi connectivity index (χ1n) is 12.3. The molecule has 1 fully saturated rings. The Morgan fingerprint density at radius 1 is 1.14 bits per heavy atom. The van der Waals surface area contributed by atoms with E-state index in [-0.39, 0.29) is 24.7 Å². The van der Waals surface area contributed by atoms with Crippen molar-refractivity contribution in [3.05, 3.63) is 46.9 Å². The van der Waals surface area contributed by atoms with Gasteiger partial charge in [-0.25, -0.2) is 18.8 Å². The van der Waals surface area contributed by atoms with Gasteiger partial charge >= 0.3 is 18.0 Å². The van der Waals surface area contributed by atoms with Gasteiger partial charge in [0, 0.05) is 51.0 Å². The number of ether oxygens (including phenoxy) is 1. The van der Waals surface area contributed by atoms with Crippen LogP contribution < -0.4 is 10.6 Å². The number of amides is 4. The van der Waals surface area contributed by atoms with E-state index in [1.165, 1.54) is 12.1 Å². The van der Waals surface area contributed by atoms with E-state index in [1.807, 2.05) is 20.8 Å². The lowest BCUT2D eigenvalue weighted by Crippen LogP contribution is -2.51.